The summed E-state index contributed by atoms with van der Waals surface area (Å²) in [5.41, 5.74) is -0.707. The molecule has 12 heteroatoms. The van der Waals surface area contributed by atoms with E-state index in [0.717, 1.165) is 25.2 Å². The van der Waals surface area contributed by atoms with Crippen LogP contribution >= 0.6 is 0 Å². The van der Waals surface area contributed by atoms with Crippen molar-refractivity contribution in [3.8, 4) is 17.0 Å². The van der Waals surface area contributed by atoms with E-state index < -0.39 is 47.2 Å². The predicted molar refractivity (Wildman–Crippen MR) is 109 cm³/mol. The predicted octanol–water partition coefficient (Wildman–Crippen LogP) is 2.63. The quantitative estimate of drug-likeness (QED) is 0.401. The molecule has 1 aromatic carbocycles. The van der Waals surface area contributed by atoms with Crippen LogP contribution in [0, 0.1) is 5.92 Å². The van der Waals surface area contributed by atoms with Gasteiger partial charge in [-0.15, -0.1) is 6.58 Å². The number of pyridine rings is 1. The number of anilines is 1. The minimum absolute atomic E-state index is 0.133. The zero-order valence-electron chi connectivity index (χ0n) is 17.1. The van der Waals surface area contributed by atoms with E-state index >= 15 is 0 Å². The lowest BCUT2D eigenvalue weighted by Gasteiger charge is -2.33. The lowest BCUT2D eigenvalue weighted by atomic mass is 10.0. The summed E-state index contributed by atoms with van der Waals surface area (Å²) in [4.78, 5) is 54.7. The molecule has 9 nitrogen and oxygen atoms in total. The highest BCUT2D eigenvalue weighted by molar-refractivity contribution is 6.28. The summed E-state index contributed by atoms with van der Waals surface area (Å²) in [5, 5.41) is 12.5. The molecule has 1 aliphatic rings. The minimum Gasteiger partial charge on any atom is -0.506 e. The van der Waals surface area contributed by atoms with Gasteiger partial charge in [-0.05, 0) is 24.3 Å². The number of benzene rings is 1. The van der Waals surface area contributed by atoms with Gasteiger partial charge in [-0.1, -0.05) is 12.1 Å². The first kappa shape index (κ1) is 23.4. The highest BCUT2D eigenvalue weighted by atomic mass is 19.4. The van der Waals surface area contributed by atoms with Crippen LogP contribution in [0.4, 0.5) is 23.7 Å². The average molecular weight is 462 g/mol. The number of phenolic OH excluding ortho intramolecular Hbond substituents is 1. The molecule has 2 heterocycles. The first-order chi connectivity index (χ1) is 15.5. The number of barbiturate groups is 1. The number of carbonyl (C=O) groups is 4. The molecule has 33 heavy (non-hydrogen) atoms. The molecule has 1 saturated heterocycles. The molecule has 1 atom stereocenters. The minimum atomic E-state index is -4.55. The van der Waals surface area contributed by atoms with Crippen molar-refractivity contribution in [1.29, 1.82) is 0 Å². The summed E-state index contributed by atoms with van der Waals surface area (Å²) in [5.74, 6) is -5.48. The summed E-state index contributed by atoms with van der Waals surface area (Å²) >= 11 is 0. The summed E-state index contributed by atoms with van der Waals surface area (Å²) in [7, 11) is 1.12. The molecule has 1 aliphatic heterocycles. The van der Waals surface area contributed by atoms with E-state index in [2.05, 4.69) is 16.9 Å². The number of urea groups is 1. The Morgan fingerprint density at radius 1 is 1.21 bits per heavy atom. The van der Waals surface area contributed by atoms with Crippen LogP contribution in [0.5, 0.6) is 5.75 Å². The molecule has 0 saturated carbocycles. The van der Waals surface area contributed by atoms with E-state index in [-0.39, 0.29) is 23.5 Å². The number of nitrogens with one attached hydrogen (secondary N) is 1. The van der Waals surface area contributed by atoms with Gasteiger partial charge in [-0.2, -0.15) is 13.2 Å². The van der Waals surface area contributed by atoms with Crippen LogP contribution in [0.15, 0.2) is 49.2 Å². The Hall–Kier alpha value is -4.22. The van der Waals surface area contributed by atoms with Gasteiger partial charge in [0, 0.05) is 25.4 Å². The highest BCUT2D eigenvalue weighted by Crippen LogP contribution is 2.32. The zero-order chi connectivity index (χ0) is 24.5. The van der Waals surface area contributed by atoms with Crippen LogP contribution in [-0.4, -0.2) is 57.2 Å². The van der Waals surface area contributed by atoms with Crippen LogP contribution in [0.1, 0.15) is 5.56 Å². The van der Waals surface area contributed by atoms with Crippen LogP contribution in [-0.2, 0) is 20.6 Å². The van der Waals surface area contributed by atoms with Crippen molar-refractivity contribution in [2.75, 3.05) is 18.9 Å². The second-order valence-corrected chi connectivity index (χ2v) is 7.00. The van der Waals surface area contributed by atoms with Gasteiger partial charge in [0.05, 0.1) is 16.9 Å². The third kappa shape index (κ3) is 4.54. The van der Waals surface area contributed by atoms with Crippen LogP contribution in [0.3, 0.4) is 0 Å². The fourth-order valence-corrected chi connectivity index (χ4v) is 3.08. The van der Waals surface area contributed by atoms with Crippen LogP contribution in [0.25, 0.3) is 11.3 Å². The van der Waals surface area contributed by atoms with Gasteiger partial charge < -0.3 is 10.4 Å². The molecule has 3 rings (SSSR count). The Morgan fingerprint density at radius 3 is 2.45 bits per heavy atom. The fraction of sp³-hybridized carbons (Fsp3) is 0.190. The molecule has 0 bridgehead atoms. The first-order valence-corrected chi connectivity index (χ1v) is 9.37. The van der Waals surface area contributed by atoms with Gasteiger partial charge in [-0.3, -0.25) is 29.2 Å². The maximum Gasteiger partial charge on any atom is 0.417 e. The summed E-state index contributed by atoms with van der Waals surface area (Å²) in [6, 6.07) is 4.81. The summed E-state index contributed by atoms with van der Waals surface area (Å²) in [6.45, 7) is 3.21. The number of halogens is 3. The molecule has 0 spiro atoms. The third-order valence-electron chi connectivity index (χ3n) is 4.82. The molecule has 172 valence electrons. The second-order valence-electron chi connectivity index (χ2n) is 7.00. The van der Waals surface area contributed by atoms with Crippen molar-refractivity contribution >= 4 is 29.4 Å². The lowest BCUT2D eigenvalue weighted by molar-refractivity contribution is -0.151. The topological polar surface area (TPSA) is 120 Å². The van der Waals surface area contributed by atoms with Crippen molar-refractivity contribution in [3.05, 3.63) is 54.7 Å². The van der Waals surface area contributed by atoms with Gasteiger partial charge in [-0.25, -0.2) is 4.79 Å². The van der Waals surface area contributed by atoms with E-state index in [1.807, 2.05) is 0 Å². The van der Waals surface area contributed by atoms with Gasteiger partial charge in [0.15, 0.2) is 5.92 Å². The van der Waals surface area contributed by atoms with E-state index in [4.69, 9.17) is 0 Å². The smallest absolute Gasteiger partial charge is 0.417 e. The lowest BCUT2D eigenvalue weighted by Crippen LogP contribution is -2.61. The number of carbonyl (C=O) groups excluding carboxylic acids is 4. The number of aromatic nitrogens is 1. The normalized spacial score (nSPS) is 16.7. The number of alkyl halides is 3. The summed E-state index contributed by atoms with van der Waals surface area (Å²) in [6.07, 6.45) is -2.64. The monoisotopic (exact) mass is 462 g/mol. The SMILES string of the molecule is C=CCN1C(=O)C(C(=O)Nc2ccc(-c3ccc(C(F)(F)F)cn3)cc2O)C(=O)N(C)C1=O. The highest BCUT2D eigenvalue weighted by Gasteiger charge is 2.47. The van der Waals surface area contributed by atoms with Gasteiger partial charge >= 0.3 is 12.2 Å². The maximum absolute atomic E-state index is 12.7. The molecule has 5 amide bonds. The standard InChI is InChI=1S/C21H17F3N4O5/c1-3-8-28-19(32)16(18(31)27(2)20(28)33)17(30)26-14-6-4-11(9-15(14)29)13-7-5-12(10-25-13)21(22,23)24/h3-7,9-10,16,29H,1,8H2,2H3,(H,26,30). The number of hydrogen-bond acceptors (Lipinski definition) is 6. The number of hydrogen-bond donors (Lipinski definition) is 2. The molecule has 2 aromatic rings. The number of phenols is 1. The molecule has 1 unspecified atom stereocenters. The summed E-state index contributed by atoms with van der Waals surface area (Å²) < 4.78 is 38.1. The molecule has 1 fully saturated rings. The van der Waals surface area contributed by atoms with Crippen molar-refractivity contribution < 1.29 is 37.5 Å². The van der Waals surface area contributed by atoms with Gasteiger partial charge in [0.2, 0.25) is 5.91 Å². The van der Waals surface area contributed by atoms with Crippen molar-refractivity contribution in [2.45, 2.75) is 6.18 Å². The number of imide groups is 2. The third-order valence-corrected chi connectivity index (χ3v) is 4.82. The molecular formula is C21H17F3N4O5. The van der Waals surface area contributed by atoms with E-state index in [1.54, 1.807) is 0 Å². The fourth-order valence-electron chi connectivity index (χ4n) is 3.08. The van der Waals surface area contributed by atoms with E-state index in [9.17, 15) is 37.5 Å². The molecular weight excluding hydrogens is 445 g/mol. The van der Waals surface area contributed by atoms with Gasteiger partial charge in [0.1, 0.15) is 5.75 Å². The van der Waals surface area contributed by atoms with E-state index in [0.29, 0.717) is 16.0 Å². The number of amides is 5. The van der Waals surface area contributed by atoms with Crippen molar-refractivity contribution in [1.82, 2.24) is 14.8 Å². The van der Waals surface area contributed by atoms with Crippen molar-refractivity contribution in [3.63, 3.8) is 0 Å². The molecule has 2 N–H and O–H groups in total. The van der Waals surface area contributed by atoms with E-state index in [1.165, 1.54) is 18.2 Å². The molecule has 1 aromatic heterocycles. The number of aromatic hydroxyl groups is 1. The maximum atomic E-state index is 12.7. The molecule has 0 aliphatic carbocycles. The largest absolute Gasteiger partial charge is 0.506 e. The van der Waals surface area contributed by atoms with Crippen LogP contribution in [0.2, 0.25) is 0 Å². The van der Waals surface area contributed by atoms with Gasteiger partial charge in [0.25, 0.3) is 11.8 Å². The average Bonchev–Trinajstić information content (AvgIpc) is 2.76. The Labute approximate surface area is 185 Å². The second kappa shape index (κ2) is 8.73. The Bertz CT molecular complexity index is 1150. The molecule has 0 radical (unpaired) electrons. The first-order valence-electron chi connectivity index (χ1n) is 9.37. The van der Waals surface area contributed by atoms with Crippen LogP contribution < -0.4 is 5.32 Å². The number of rotatable bonds is 5. The Kier molecular flexibility index (Phi) is 6.20. The Balaban J connectivity index is 1.81. The Morgan fingerprint density at radius 2 is 1.91 bits per heavy atom. The number of nitrogens with zero attached hydrogens (tertiary/aromatic N) is 3. The van der Waals surface area contributed by atoms with Crippen molar-refractivity contribution in [2.24, 2.45) is 5.92 Å². The zero-order valence-corrected chi connectivity index (χ0v) is 17.1.